The number of hydrogen-bond donors (Lipinski definition) is 1. The van der Waals surface area contributed by atoms with Gasteiger partial charge in [0.25, 0.3) is 0 Å². The van der Waals surface area contributed by atoms with Crippen molar-refractivity contribution in [2.75, 3.05) is 13.1 Å². The van der Waals surface area contributed by atoms with Crippen LogP contribution >= 0.6 is 0 Å². The molecular weight excluding hydrogens is 347 g/mol. The van der Waals surface area contributed by atoms with Crippen molar-refractivity contribution < 1.29 is 9.18 Å². The summed E-state index contributed by atoms with van der Waals surface area (Å²) in [6.45, 7) is 6.26. The van der Waals surface area contributed by atoms with Crippen LogP contribution in [0.1, 0.15) is 50.5 Å². The molecule has 0 saturated carbocycles. The summed E-state index contributed by atoms with van der Waals surface area (Å²) in [5.74, 6) is 0.481. The van der Waals surface area contributed by atoms with Gasteiger partial charge in [0, 0.05) is 18.0 Å². The van der Waals surface area contributed by atoms with Gasteiger partial charge in [0.2, 0.25) is 5.91 Å². The van der Waals surface area contributed by atoms with Gasteiger partial charge in [-0.25, -0.2) is 9.07 Å². The van der Waals surface area contributed by atoms with E-state index < -0.39 is 0 Å². The van der Waals surface area contributed by atoms with Gasteiger partial charge in [0.1, 0.15) is 11.9 Å². The normalized spacial score (nSPS) is 17.3. The van der Waals surface area contributed by atoms with Crippen LogP contribution in [0.5, 0.6) is 0 Å². The average molecular weight is 374 g/mol. The number of primary amides is 1. The number of hydrogen-bond acceptors (Lipinski definition) is 5. The number of piperidine rings is 1. The molecule has 0 aliphatic carbocycles. The minimum Gasteiger partial charge on any atom is -0.369 e. The van der Waals surface area contributed by atoms with Crippen LogP contribution in [0.15, 0.2) is 24.3 Å². The molecule has 2 heterocycles. The average Bonchev–Trinajstić information content (AvgIpc) is 3.10. The Morgan fingerprint density at radius 2 is 2.00 bits per heavy atom. The lowest BCUT2D eigenvalue weighted by Crippen LogP contribution is -2.41. The topological polar surface area (TPSA) is 89.9 Å². The quantitative estimate of drug-likeness (QED) is 0.802. The zero-order valence-electron chi connectivity index (χ0n) is 15.9. The molecule has 0 radical (unpaired) electrons. The predicted octanol–water partition coefficient (Wildman–Crippen LogP) is 2.14. The molecule has 1 aromatic carbocycles. The number of tetrazole rings is 1. The molecule has 1 atom stereocenters. The number of aryl methyl sites for hydroxylation is 1. The second kappa shape index (κ2) is 8.56. The summed E-state index contributed by atoms with van der Waals surface area (Å²) in [6.07, 6.45) is 2.26. The SMILES string of the molecule is CC(C)CCn1nnnc1[C@H](c1ccccc1F)N1CCC(C(N)=O)CC1. The molecule has 1 fully saturated rings. The zero-order valence-corrected chi connectivity index (χ0v) is 15.9. The summed E-state index contributed by atoms with van der Waals surface area (Å²) in [4.78, 5) is 13.6. The van der Waals surface area contributed by atoms with Crippen molar-refractivity contribution in [2.24, 2.45) is 17.6 Å². The number of benzene rings is 1. The molecule has 146 valence electrons. The van der Waals surface area contributed by atoms with E-state index in [1.54, 1.807) is 16.8 Å². The molecule has 0 spiro atoms. The molecule has 1 aliphatic heterocycles. The second-order valence-electron chi connectivity index (χ2n) is 7.58. The first-order valence-corrected chi connectivity index (χ1v) is 9.51. The zero-order chi connectivity index (χ0) is 19.4. The van der Waals surface area contributed by atoms with Gasteiger partial charge in [0.05, 0.1) is 0 Å². The molecule has 3 rings (SSSR count). The molecule has 2 aromatic rings. The van der Waals surface area contributed by atoms with Crippen LogP contribution in [0.4, 0.5) is 4.39 Å². The van der Waals surface area contributed by atoms with E-state index in [-0.39, 0.29) is 23.7 Å². The van der Waals surface area contributed by atoms with E-state index in [2.05, 4.69) is 34.3 Å². The van der Waals surface area contributed by atoms with Crippen molar-refractivity contribution in [1.29, 1.82) is 0 Å². The van der Waals surface area contributed by atoms with Crippen molar-refractivity contribution in [2.45, 2.75) is 45.7 Å². The molecule has 1 saturated heterocycles. The maximum Gasteiger partial charge on any atom is 0.220 e. The Morgan fingerprint density at radius 1 is 1.30 bits per heavy atom. The van der Waals surface area contributed by atoms with Crippen LogP contribution < -0.4 is 5.73 Å². The monoisotopic (exact) mass is 374 g/mol. The highest BCUT2D eigenvalue weighted by molar-refractivity contribution is 5.76. The van der Waals surface area contributed by atoms with E-state index in [1.807, 2.05) is 6.07 Å². The molecular formula is C19H27FN6O. The van der Waals surface area contributed by atoms with Crippen molar-refractivity contribution in [3.8, 4) is 0 Å². The number of carbonyl (C=O) groups excluding carboxylic acids is 1. The van der Waals surface area contributed by atoms with Gasteiger partial charge in [0.15, 0.2) is 5.82 Å². The minimum absolute atomic E-state index is 0.126. The predicted molar refractivity (Wildman–Crippen MR) is 99.0 cm³/mol. The molecule has 2 N–H and O–H groups in total. The summed E-state index contributed by atoms with van der Waals surface area (Å²) < 4.78 is 16.4. The van der Waals surface area contributed by atoms with Gasteiger partial charge in [-0.15, -0.1) is 5.10 Å². The number of carbonyl (C=O) groups is 1. The van der Waals surface area contributed by atoms with Crippen LogP contribution in [0.3, 0.4) is 0 Å². The highest BCUT2D eigenvalue weighted by Crippen LogP contribution is 2.32. The molecule has 1 amide bonds. The number of aromatic nitrogens is 4. The lowest BCUT2D eigenvalue weighted by atomic mass is 9.93. The van der Waals surface area contributed by atoms with E-state index in [4.69, 9.17) is 5.73 Å². The molecule has 1 aromatic heterocycles. The van der Waals surface area contributed by atoms with Crippen molar-refractivity contribution in [3.63, 3.8) is 0 Å². The third-order valence-corrected chi connectivity index (χ3v) is 5.22. The summed E-state index contributed by atoms with van der Waals surface area (Å²) in [5.41, 5.74) is 6.01. The van der Waals surface area contributed by atoms with Crippen molar-refractivity contribution in [1.82, 2.24) is 25.1 Å². The van der Waals surface area contributed by atoms with Gasteiger partial charge in [-0.05, 0) is 54.8 Å². The Hall–Kier alpha value is -2.35. The summed E-state index contributed by atoms with van der Waals surface area (Å²) in [7, 11) is 0. The van der Waals surface area contributed by atoms with Gasteiger partial charge >= 0.3 is 0 Å². The molecule has 1 aliphatic rings. The van der Waals surface area contributed by atoms with Crippen LogP contribution in [0.2, 0.25) is 0 Å². The highest BCUT2D eigenvalue weighted by atomic mass is 19.1. The van der Waals surface area contributed by atoms with Gasteiger partial charge < -0.3 is 5.73 Å². The Bertz CT molecular complexity index is 769. The van der Waals surface area contributed by atoms with E-state index in [0.717, 1.165) is 6.42 Å². The molecule has 7 nitrogen and oxygen atoms in total. The maximum atomic E-state index is 14.7. The first-order valence-electron chi connectivity index (χ1n) is 9.51. The van der Waals surface area contributed by atoms with Crippen molar-refractivity contribution in [3.05, 3.63) is 41.5 Å². The third-order valence-electron chi connectivity index (χ3n) is 5.22. The van der Waals surface area contributed by atoms with E-state index >= 15 is 0 Å². The van der Waals surface area contributed by atoms with Crippen LogP contribution in [-0.2, 0) is 11.3 Å². The first-order chi connectivity index (χ1) is 13.0. The molecule has 8 heteroatoms. The Balaban J connectivity index is 1.92. The van der Waals surface area contributed by atoms with Crippen LogP contribution in [-0.4, -0.2) is 44.1 Å². The maximum absolute atomic E-state index is 14.7. The van der Waals surface area contributed by atoms with Gasteiger partial charge in [-0.1, -0.05) is 32.0 Å². The lowest BCUT2D eigenvalue weighted by molar-refractivity contribution is -0.123. The van der Waals surface area contributed by atoms with Crippen molar-refractivity contribution >= 4 is 5.91 Å². The van der Waals surface area contributed by atoms with E-state index in [1.165, 1.54) is 6.07 Å². The molecule has 0 bridgehead atoms. The molecule has 27 heavy (non-hydrogen) atoms. The standard InChI is InChI=1S/C19H27FN6O/c1-13(2)7-12-26-19(22-23-24-26)17(15-5-3-4-6-16(15)20)25-10-8-14(9-11-25)18(21)27/h3-6,13-14,17H,7-12H2,1-2H3,(H2,21,27)/t17-/m0/s1. The third kappa shape index (κ3) is 4.50. The Kier molecular flexibility index (Phi) is 6.15. The summed E-state index contributed by atoms with van der Waals surface area (Å²) in [6, 6.07) is 6.35. The number of halogens is 1. The van der Waals surface area contributed by atoms with E-state index in [9.17, 15) is 9.18 Å². The Labute approximate surface area is 158 Å². The number of likely N-dealkylation sites (tertiary alicyclic amines) is 1. The van der Waals surface area contributed by atoms with Crippen LogP contribution in [0, 0.1) is 17.7 Å². The minimum atomic E-state index is -0.387. The van der Waals surface area contributed by atoms with Crippen LogP contribution in [0.25, 0.3) is 0 Å². The van der Waals surface area contributed by atoms with E-state index in [0.29, 0.717) is 49.8 Å². The fraction of sp³-hybridized carbons (Fsp3) is 0.579. The summed E-state index contributed by atoms with van der Waals surface area (Å²) in [5, 5.41) is 12.2. The lowest BCUT2D eigenvalue weighted by Gasteiger charge is -2.36. The number of rotatable bonds is 7. The second-order valence-corrected chi connectivity index (χ2v) is 7.58. The van der Waals surface area contributed by atoms with Gasteiger partial charge in [-0.2, -0.15) is 0 Å². The number of nitrogens with zero attached hydrogens (tertiary/aromatic N) is 5. The fourth-order valence-electron chi connectivity index (χ4n) is 3.59. The Morgan fingerprint density at radius 3 is 2.63 bits per heavy atom. The largest absolute Gasteiger partial charge is 0.369 e. The first kappa shape index (κ1) is 19.4. The molecule has 0 unspecified atom stereocenters. The van der Waals surface area contributed by atoms with Gasteiger partial charge in [-0.3, -0.25) is 9.69 Å². The summed E-state index contributed by atoms with van der Waals surface area (Å²) >= 11 is 0. The highest BCUT2D eigenvalue weighted by Gasteiger charge is 2.33. The number of nitrogens with two attached hydrogens (primary N) is 1. The smallest absolute Gasteiger partial charge is 0.220 e. The number of amides is 1. The fourth-order valence-corrected chi connectivity index (χ4v) is 3.59.